The fraction of sp³-hybridized carbons (Fsp3) is 0.0263. The van der Waals surface area contributed by atoms with Crippen LogP contribution in [0.1, 0.15) is 45.2 Å². The van der Waals surface area contributed by atoms with Crippen LogP contribution in [0.2, 0.25) is 0 Å². The Morgan fingerprint density at radius 3 is 1.04 bits per heavy atom. The lowest BCUT2D eigenvalue weighted by Crippen LogP contribution is -2.27. The molecule has 0 amide bonds. The van der Waals surface area contributed by atoms with Gasteiger partial charge in [0.05, 0.1) is 44.8 Å². The molecule has 0 fully saturated rings. The zero-order chi connectivity index (χ0) is 53.8. The minimum absolute atomic E-state index is 0.00140. The molecule has 82 heavy (non-hydrogen) atoms. The quantitative estimate of drug-likeness (QED) is 0.152. The molecule has 2 bridgehead atoms. The van der Waals surface area contributed by atoms with Gasteiger partial charge < -0.3 is 9.13 Å². The highest BCUT2D eigenvalue weighted by Crippen LogP contribution is 2.57. The summed E-state index contributed by atoms with van der Waals surface area (Å²) in [6.07, 6.45) is 0. The molecule has 0 N–H and O–H groups in total. The van der Waals surface area contributed by atoms with Crippen LogP contribution in [-0.4, -0.2) is 29.1 Å². The summed E-state index contributed by atoms with van der Waals surface area (Å²) in [4.78, 5) is 21.9. The lowest BCUT2D eigenvalue weighted by atomic mass is 9.61. The first-order valence-corrected chi connectivity index (χ1v) is 28.1. The average Bonchev–Trinajstić information content (AvgIpc) is 1.68. The van der Waals surface area contributed by atoms with Gasteiger partial charge in [-0.05, 0) is 106 Å². The highest BCUT2D eigenvalue weighted by Gasteiger charge is 2.42. The van der Waals surface area contributed by atoms with Gasteiger partial charge in [-0.2, -0.15) is 0 Å². The maximum Gasteiger partial charge on any atom is 0.160 e. The molecule has 3 aliphatic carbocycles. The lowest BCUT2D eigenvalue weighted by Gasteiger charge is -2.42. The number of hydrogen-bond donors (Lipinski definition) is 0. The zero-order valence-corrected chi connectivity index (χ0v) is 44.4. The van der Waals surface area contributed by atoms with E-state index < -0.39 is 0 Å². The van der Waals surface area contributed by atoms with Gasteiger partial charge in [0, 0.05) is 78.1 Å². The number of para-hydroxylation sites is 4. The number of aromatic nitrogens is 6. The van der Waals surface area contributed by atoms with E-state index in [9.17, 15) is 0 Å². The normalized spacial score (nSPS) is 14.1. The topological polar surface area (TPSA) is 61.4 Å². The first-order valence-electron chi connectivity index (χ1n) is 28.1. The molecule has 0 saturated carbocycles. The molecule has 2 unspecified atom stereocenters. The maximum atomic E-state index is 5.55. The van der Waals surface area contributed by atoms with Crippen LogP contribution in [0.25, 0.3) is 123 Å². The van der Waals surface area contributed by atoms with E-state index in [-0.39, 0.29) is 11.8 Å². The number of fused-ring (bicyclic) bond motifs is 6. The van der Waals surface area contributed by atoms with Crippen LogP contribution in [0.15, 0.2) is 279 Å². The minimum atomic E-state index is 0.00140. The van der Waals surface area contributed by atoms with Crippen molar-refractivity contribution in [2.24, 2.45) is 0 Å². The molecule has 4 heterocycles. The van der Waals surface area contributed by atoms with Gasteiger partial charge >= 0.3 is 0 Å². The summed E-state index contributed by atoms with van der Waals surface area (Å²) >= 11 is 0. The molecule has 0 saturated heterocycles. The summed E-state index contributed by atoms with van der Waals surface area (Å²) in [6.45, 7) is 0. The van der Waals surface area contributed by atoms with Crippen LogP contribution < -0.4 is 0 Å². The Balaban J connectivity index is 0.811. The standard InChI is InChI=1S/C76H48N6/c1-5-21-47(22-6-1)63-45-65(57-33-19-37-69-73(57)59-31-15-17-35-67(59)81(69)51-25-9-3-10-26-51)79-75(77-63)49-39-41-55-61(43-49)71-53-29-13-14-30-54(53)72(55)62-44-50(40-42-56(62)71)76-78-64(48-23-7-2-8-24-48)46-66(80-76)58-34-20-38-70-74(58)60-32-16-18-36-68(60)82(70)52-27-11-4-12-28-52/h1-46,71-72H. The molecule has 15 aromatic rings. The highest BCUT2D eigenvalue weighted by atomic mass is 15.0. The van der Waals surface area contributed by atoms with Crippen LogP contribution in [0.3, 0.4) is 0 Å². The van der Waals surface area contributed by atoms with Crippen molar-refractivity contribution < 1.29 is 0 Å². The van der Waals surface area contributed by atoms with Crippen LogP contribution >= 0.6 is 0 Å². The lowest BCUT2D eigenvalue weighted by molar-refractivity contribution is 0.754. The third-order valence-electron chi connectivity index (χ3n) is 17.1. The number of nitrogens with zero attached hydrogens (tertiary/aromatic N) is 6. The zero-order valence-electron chi connectivity index (χ0n) is 44.4. The first kappa shape index (κ1) is 46.1. The van der Waals surface area contributed by atoms with E-state index in [1.807, 2.05) is 0 Å². The van der Waals surface area contributed by atoms with Gasteiger partial charge in [0.1, 0.15) is 0 Å². The Kier molecular flexibility index (Phi) is 10.3. The van der Waals surface area contributed by atoms with Crippen molar-refractivity contribution >= 4 is 43.6 Å². The Morgan fingerprint density at radius 1 is 0.244 bits per heavy atom. The van der Waals surface area contributed by atoms with E-state index >= 15 is 0 Å². The third kappa shape index (κ3) is 7.14. The van der Waals surface area contributed by atoms with Gasteiger partial charge in [-0.15, -0.1) is 0 Å². The fourth-order valence-corrected chi connectivity index (χ4v) is 13.6. The van der Waals surface area contributed by atoms with Gasteiger partial charge in [-0.25, -0.2) is 19.9 Å². The SMILES string of the molecule is c1ccc(-c2cc(-c3cccc4c3c3ccccc3n4-c3ccccc3)nc(-c3ccc4c(c3)C3c5ccccc5C4c4cc(-c5nc(-c6ccccc6)cc(-c6cccc7c6c6ccccc6n7-c6ccccc6)n5)ccc43)n2)cc1. The van der Waals surface area contributed by atoms with Crippen LogP contribution in [-0.2, 0) is 0 Å². The van der Waals surface area contributed by atoms with Crippen LogP contribution in [0, 0.1) is 0 Å². The molecule has 3 aliphatic rings. The van der Waals surface area contributed by atoms with E-state index in [1.165, 1.54) is 54.9 Å². The maximum absolute atomic E-state index is 5.55. The van der Waals surface area contributed by atoms with Crippen LogP contribution in [0.4, 0.5) is 0 Å². The molecule has 382 valence electrons. The Hall–Kier alpha value is -10.8. The molecule has 0 radical (unpaired) electrons. The number of hydrogen-bond acceptors (Lipinski definition) is 4. The minimum Gasteiger partial charge on any atom is -0.309 e. The summed E-state index contributed by atoms with van der Waals surface area (Å²) in [6, 6.07) is 100. The van der Waals surface area contributed by atoms with Gasteiger partial charge in [0.15, 0.2) is 11.6 Å². The molecule has 0 aliphatic heterocycles. The second kappa shape index (κ2) is 18.4. The van der Waals surface area contributed by atoms with Crippen molar-refractivity contribution in [1.29, 1.82) is 0 Å². The molecule has 2 atom stereocenters. The molecular weight excluding hydrogens is 997 g/mol. The van der Waals surface area contributed by atoms with E-state index in [1.54, 1.807) is 0 Å². The summed E-state index contributed by atoms with van der Waals surface area (Å²) in [5, 5.41) is 4.69. The van der Waals surface area contributed by atoms with E-state index in [2.05, 4.69) is 288 Å². The molecule has 0 spiro atoms. The number of benzene rings is 11. The van der Waals surface area contributed by atoms with E-state index in [0.29, 0.717) is 11.6 Å². The Labute approximate surface area is 473 Å². The van der Waals surface area contributed by atoms with Crippen molar-refractivity contribution in [2.75, 3.05) is 0 Å². The van der Waals surface area contributed by atoms with Gasteiger partial charge in [-0.3, -0.25) is 0 Å². The summed E-state index contributed by atoms with van der Waals surface area (Å²) in [5.41, 5.74) is 24.4. The van der Waals surface area contributed by atoms with Crippen molar-refractivity contribution in [1.82, 2.24) is 29.1 Å². The Bertz CT molecular complexity index is 4720. The average molecular weight is 1050 g/mol. The monoisotopic (exact) mass is 1040 g/mol. The summed E-state index contributed by atoms with van der Waals surface area (Å²) in [5.74, 6) is 1.39. The molecule has 11 aromatic carbocycles. The molecule has 6 nitrogen and oxygen atoms in total. The Morgan fingerprint density at radius 2 is 0.598 bits per heavy atom. The predicted octanol–water partition coefficient (Wildman–Crippen LogP) is 18.4. The third-order valence-corrected chi connectivity index (χ3v) is 17.1. The summed E-state index contributed by atoms with van der Waals surface area (Å²) in [7, 11) is 0. The largest absolute Gasteiger partial charge is 0.309 e. The van der Waals surface area contributed by atoms with Gasteiger partial charge in [-0.1, -0.05) is 206 Å². The summed E-state index contributed by atoms with van der Waals surface area (Å²) < 4.78 is 4.73. The van der Waals surface area contributed by atoms with Gasteiger partial charge in [0.25, 0.3) is 0 Å². The second-order valence-corrected chi connectivity index (χ2v) is 21.6. The number of rotatable bonds is 8. The second-order valence-electron chi connectivity index (χ2n) is 21.6. The molecule has 6 heteroatoms. The molecular formula is C76H48N6. The van der Waals surface area contributed by atoms with Crippen molar-refractivity contribution in [3.05, 3.63) is 312 Å². The highest BCUT2D eigenvalue weighted by molar-refractivity contribution is 6.17. The van der Waals surface area contributed by atoms with Crippen molar-refractivity contribution in [2.45, 2.75) is 11.8 Å². The fourth-order valence-electron chi connectivity index (χ4n) is 13.6. The van der Waals surface area contributed by atoms with E-state index in [4.69, 9.17) is 19.9 Å². The predicted molar refractivity (Wildman–Crippen MR) is 334 cm³/mol. The molecule has 4 aromatic heterocycles. The van der Waals surface area contributed by atoms with E-state index in [0.717, 1.165) is 89.6 Å². The van der Waals surface area contributed by atoms with Crippen LogP contribution in [0.5, 0.6) is 0 Å². The van der Waals surface area contributed by atoms with Crippen molar-refractivity contribution in [3.63, 3.8) is 0 Å². The first-order chi connectivity index (χ1) is 40.7. The smallest absolute Gasteiger partial charge is 0.160 e. The molecule has 18 rings (SSSR count). The van der Waals surface area contributed by atoms with Gasteiger partial charge in [0.2, 0.25) is 0 Å². The van der Waals surface area contributed by atoms with Crippen molar-refractivity contribution in [3.8, 4) is 79.2 Å².